The van der Waals surface area contributed by atoms with Crippen LogP contribution in [0.25, 0.3) is 6.08 Å². The lowest BCUT2D eigenvalue weighted by Crippen LogP contribution is -2.25. The van der Waals surface area contributed by atoms with Crippen LogP contribution in [0.15, 0.2) is 29.3 Å². The first-order valence-electron chi connectivity index (χ1n) is 3.72. The Kier molecular flexibility index (Phi) is 1.73. The SMILES string of the molecule is O=C(O)C1(Br)C=c2ccccc2=N1. The second kappa shape index (κ2) is 2.67. The van der Waals surface area contributed by atoms with Crippen molar-refractivity contribution in [2.24, 2.45) is 4.99 Å². The van der Waals surface area contributed by atoms with Crippen LogP contribution in [-0.4, -0.2) is 15.5 Å². The number of para-hydroxylation sites is 1. The molecule has 1 aromatic rings. The topological polar surface area (TPSA) is 49.7 Å². The molecule has 0 aliphatic carbocycles. The van der Waals surface area contributed by atoms with Gasteiger partial charge in [-0.2, -0.15) is 0 Å². The van der Waals surface area contributed by atoms with E-state index in [9.17, 15) is 4.79 Å². The first-order chi connectivity index (χ1) is 6.12. The highest BCUT2D eigenvalue weighted by Crippen LogP contribution is 2.22. The fourth-order valence-corrected chi connectivity index (χ4v) is 1.67. The molecule has 1 heterocycles. The summed E-state index contributed by atoms with van der Waals surface area (Å²) in [4.78, 5) is 14.9. The summed E-state index contributed by atoms with van der Waals surface area (Å²) in [6, 6.07) is 7.31. The number of halogens is 1. The predicted octanol–water partition coefficient (Wildman–Crippen LogP) is 0.276. The van der Waals surface area contributed by atoms with Crippen LogP contribution in [0.5, 0.6) is 0 Å². The largest absolute Gasteiger partial charge is 0.479 e. The maximum atomic E-state index is 10.8. The molecule has 2 rings (SSSR count). The number of carbonyl (C=O) groups is 1. The molecule has 0 amide bonds. The molecule has 0 aromatic heterocycles. The number of nitrogens with zero attached hydrogens (tertiary/aromatic N) is 1. The van der Waals surface area contributed by atoms with Crippen molar-refractivity contribution in [3.8, 4) is 0 Å². The number of fused-ring (bicyclic) bond motifs is 1. The molecule has 1 aliphatic heterocycles. The molecule has 0 spiro atoms. The molecule has 0 fully saturated rings. The molecule has 4 heteroatoms. The van der Waals surface area contributed by atoms with Gasteiger partial charge in [0.1, 0.15) is 0 Å². The van der Waals surface area contributed by atoms with Crippen molar-refractivity contribution in [1.29, 1.82) is 0 Å². The summed E-state index contributed by atoms with van der Waals surface area (Å²) in [5.41, 5.74) is 0. The van der Waals surface area contributed by atoms with Gasteiger partial charge in [0, 0.05) is 0 Å². The Bertz CT molecular complexity index is 446. The number of carboxylic acid groups (broad SMARTS) is 1. The summed E-state index contributed by atoms with van der Waals surface area (Å²) in [7, 11) is 0. The number of rotatable bonds is 1. The van der Waals surface area contributed by atoms with Gasteiger partial charge in [-0.3, -0.25) is 4.99 Å². The van der Waals surface area contributed by atoms with Gasteiger partial charge in [0.05, 0.1) is 5.36 Å². The minimum Gasteiger partial charge on any atom is -0.479 e. The van der Waals surface area contributed by atoms with E-state index in [-0.39, 0.29) is 0 Å². The fraction of sp³-hybridized carbons (Fsp3) is 0.111. The van der Waals surface area contributed by atoms with Crippen molar-refractivity contribution in [1.82, 2.24) is 0 Å². The van der Waals surface area contributed by atoms with Gasteiger partial charge in [0.15, 0.2) is 0 Å². The number of hydrogen-bond acceptors (Lipinski definition) is 2. The lowest BCUT2D eigenvalue weighted by molar-refractivity contribution is -0.137. The van der Waals surface area contributed by atoms with Crippen LogP contribution in [0.3, 0.4) is 0 Å². The maximum Gasteiger partial charge on any atom is 0.346 e. The van der Waals surface area contributed by atoms with E-state index in [1.54, 1.807) is 12.1 Å². The lowest BCUT2D eigenvalue weighted by atomic mass is 10.2. The molecular formula is C9H6BrNO2. The highest BCUT2D eigenvalue weighted by Gasteiger charge is 2.34. The highest BCUT2D eigenvalue weighted by molar-refractivity contribution is 9.10. The Morgan fingerprint density at radius 2 is 2.15 bits per heavy atom. The third kappa shape index (κ3) is 1.27. The van der Waals surface area contributed by atoms with E-state index >= 15 is 0 Å². The molecule has 1 unspecified atom stereocenters. The first kappa shape index (κ1) is 8.44. The molecule has 0 bridgehead atoms. The minimum atomic E-state index is -1.27. The molecule has 0 radical (unpaired) electrons. The summed E-state index contributed by atoms with van der Waals surface area (Å²) in [5.74, 6) is -0.997. The number of alkyl halides is 1. The Morgan fingerprint density at radius 3 is 2.77 bits per heavy atom. The van der Waals surface area contributed by atoms with Gasteiger partial charge < -0.3 is 5.11 Å². The molecule has 0 saturated heterocycles. The summed E-state index contributed by atoms with van der Waals surface area (Å²) in [5, 5.41) is 10.4. The van der Waals surface area contributed by atoms with Gasteiger partial charge in [0.2, 0.25) is 4.45 Å². The van der Waals surface area contributed by atoms with E-state index < -0.39 is 10.4 Å². The Balaban J connectivity index is 2.70. The van der Waals surface area contributed by atoms with Crippen molar-refractivity contribution >= 4 is 28.0 Å². The average Bonchev–Trinajstić information content (AvgIpc) is 2.42. The summed E-state index contributed by atoms with van der Waals surface area (Å²) in [6.07, 6.45) is 1.59. The van der Waals surface area contributed by atoms with Gasteiger partial charge in [-0.1, -0.05) is 18.2 Å². The second-order valence-corrected chi connectivity index (χ2v) is 4.00. The maximum absolute atomic E-state index is 10.8. The second-order valence-electron chi connectivity index (χ2n) is 2.79. The van der Waals surface area contributed by atoms with Gasteiger partial charge in [-0.25, -0.2) is 4.79 Å². The van der Waals surface area contributed by atoms with Crippen LogP contribution < -0.4 is 10.6 Å². The van der Waals surface area contributed by atoms with Crippen LogP contribution in [0, 0.1) is 0 Å². The van der Waals surface area contributed by atoms with Crippen molar-refractivity contribution < 1.29 is 9.90 Å². The summed E-state index contributed by atoms with van der Waals surface area (Å²) in [6.45, 7) is 0. The lowest BCUT2D eigenvalue weighted by Gasteiger charge is -2.07. The predicted molar refractivity (Wildman–Crippen MR) is 51.0 cm³/mol. The zero-order valence-electron chi connectivity index (χ0n) is 6.57. The normalized spacial score (nSPS) is 24.4. The zero-order valence-corrected chi connectivity index (χ0v) is 8.15. The highest BCUT2D eigenvalue weighted by atomic mass is 79.9. The van der Waals surface area contributed by atoms with Crippen LogP contribution >= 0.6 is 15.9 Å². The molecule has 1 N–H and O–H groups in total. The van der Waals surface area contributed by atoms with Gasteiger partial charge >= 0.3 is 5.97 Å². The Labute approximate surface area is 82.5 Å². The van der Waals surface area contributed by atoms with E-state index in [1.165, 1.54) is 0 Å². The van der Waals surface area contributed by atoms with E-state index in [0.717, 1.165) is 5.22 Å². The van der Waals surface area contributed by atoms with Gasteiger partial charge in [-0.05, 0) is 33.3 Å². The smallest absolute Gasteiger partial charge is 0.346 e. The molecule has 66 valence electrons. The standard InChI is InChI=1S/C9H6BrNO2/c10-9(8(12)13)5-6-3-1-2-4-7(6)11-9/h1-5H,(H,12,13). The number of aliphatic carboxylic acids is 1. The zero-order chi connectivity index (χ0) is 9.47. The van der Waals surface area contributed by atoms with E-state index in [2.05, 4.69) is 20.9 Å². The van der Waals surface area contributed by atoms with Crippen LogP contribution in [0.1, 0.15) is 0 Å². The molecule has 1 atom stereocenters. The van der Waals surface area contributed by atoms with Gasteiger partial charge in [0.25, 0.3) is 0 Å². The monoisotopic (exact) mass is 239 g/mol. The van der Waals surface area contributed by atoms with Crippen LogP contribution in [0.2, 0.25) is 0 Å². The number of benzene rings is 1. The van der Waals surface area contributed by atoms with Crippen molar-refractivity contribution in [3.05, 3.63) is 34.8 Å². The molecule has 3 nitrogen and oxygen atoms in total. The van der Waals surface area contributed by atoms with E-state index in [0.29, 0.717) is 5.36 Å². The van der Waals surface area contributed by atoms with E-state index in [4.69, 9.17) is 5.11 Å². The van der Waals surface area contributed by atoms with Gasteiger partial charge in [-0.15, -0.1) is 0 Å². The van der Waals surface area contributed by atoms with Crippen LogP contribution in [-0.2, 0) is 4.79 Å². The van der Waals surface area contributed by atoms with Crippen molar-refractivity contribution in [3.63, 3.8) is 0 Å². The molecular weight excluding hydrogens is 234 g/mol. The Morgan fingerprint density at radius 1 is 1.46 bits per heavy atom. The quantitative estimate of drug-likeness (QED) is 0.566. The number of carboxylic acids is 1. The number of hydrogen-bond donors (Lipinski definition) is 1. The average molecular weight is 240 g/mol. The van der Waals surface area contributed by atoms with Crippen molar-refractivity contribution in [2.45, 2.75) is 4.45 Å². The minimum absolute atomic E-state index is 0.710. The third-order valence-electron chi connectivity index (χ3n) is 1.87. The molecule has 1 aromatic carbocycles. The summed E-state index contributed by atoms with van der Waals surface area (Å²) >= 11 is 3.07. The molecule has 13 heavy (non-hydrogen) atoms. The Hall–Kier alpha value is -1.16. The first-order valence-corrected chi connectivity index (χ1v) is 4.51. The third-order valence-corrected chi connectivity index (χ3v) is 2.61. The molecule has 0 saturated carbocycles. The van der Waals surface area contributed by atoms with Crippen molar-refractivity contribution in [2.75, 3.05) is 0 Å². The fourth-order valence-electron chi connectivity index (χ4n) is 1.23. The molecule has 1 aliphatic rings. The summed E-state index contributed by atoms with van der Waals surface area (Å²) < 4.78 is -1.27. The van der Waals surface area contributed by atoms with E-state index in [1.807, 2.05) is 18.2 Å². The van der Waals surface area contributed by atoms with Crippen LogP contribution in [0.4, 0.5) is 0 Å².